The predicted molar refractivity (Wildman–Crippen MR) is 75.2 cm³/mol. The van der Waals surface area contributed by atoms with Crippen molar-refractivity contribution in [3.63, 3.8) is 0 Å². The largest absolute Gasteiger partial charge is 0.466 e. The van der Waals surface area contributed by atoms with Crippen LogP contribution in [0.25, 0.3) is 11.2 Å². The lowest BCUT2D eigenvalue weighted by molar-refractivity contribution is 0.0210. The fourth-order valence-corrected chi connectivity index (χ4v) is 2.00. The summed E-state index contributed by atoms with van der Waals surface area (Å²) in [4.78, 5) is 18.2. The number of hydrogen-bond acceptors (Lipinski definition) is 7. The highest BCUT2D eigenvalue weighted by Crippen LogP contribution is 2.22. The number of methoxy groups -OCH3 is 1. The lowest BCUT2D eigenvalue weighted by atomic mass is 10.1. The second kappa shape index (κ2) is 6.38. The first-order chi connectivity index (χ1) is 9.71. The molecule has 4 N–H and O–H groups in total. The van der Waals surface area contributed by atoms with Crippen LogP contribution >= 0.6 is 0 Å². The van der Waals surface area contributed by atoms with E-state index in [1.807, 2.05) is 0 Å². The molecule has 2 aromatic heterocycles. The maximum absolute atomic E-state index is 5.93. The van der Waals surface area contributed by atoms with Crippen LogP contribution in [0.1, 0.15) is 26.2 Å². The normalized spacial score (nSPS) is 12.6. The van der Waals surface area contributed by atoms with Gasteiger partial charge in [0.25, 0.3) is 0 Å². The molecule has 0 bridgehead atoms. The van der Waals surface area contributed by atoms with E-state index in [0.717, 1.165) is 19.3 Å². The SMILES string of the molecule is CCCC(CCN)On1c(OC)nc2c(N)ncnc21. The van der Waals surface area contributed by atoms with Crippen molar-refractivity contribution in [2.75, 3.05) is 19.4 Å². The Morgan fingerprint density at radius 2 is 2.15 bits per heavy atom. The number of hydrogen-bond donors (Lipinski definition) is 2. The summed E-state index contributed by atoms with van der Waals surface area (Å²) in [7, 11) is 1.52. The van der Waals surface area contributed by atoms with Crippen molar-refractivity contribution in [2.45, 2.75) is 32.3 Å². The molecule has 2 rings (SSSR count). The van der Waals surface area contributed by atoms with Crippen LogP contribution in [-0.4, -0.2) is 39.4 Å². The van der Waals surface area contributed by atoms with E-state index in [9.17, 15) is 0 Å². The van der Waals surface area contributed by atoms with Crippen LogP contribution in [0, 0.1) is 0 Å². The number of rotatable bonds is 7. The van der Waals surface area contributed by atoms with Gasteiger partial charge in [-0.1, -0.05) is 13.3 Å². The highest BCUT2D eigenvalue weighted by Gasteiger charge is 2.19. The van der Waals surface area contributed by atoms with Crippen LogP contribution in [-0.2, 0) is 0 Å². The quantitative estimate of drug-likeness (QED) is 0.752. The molecule has 1 atom stereocenters. The molecular weight excluding hydrogens is 260 g/mol. The standard InChI is InChI=1S/C12H20N6O2/c1-3-4-8(5-6-13)20-18-11-9(17-12(18)19-2)10(14)15-7-16-11/h7-8H,3-6,13H2,1-2H3,(H2,14,15,16). The van der Waals surface area contributed by atoms with Gasteiger partial charge >= 0.3 is 6.01 Å². The molecule has 8 heteroatoms. The molecule has 0 saturated heterocycles. The summed E-state index contributed by atoms with van der Waals surface area (Å²) < 4.78 is 6.68. The van der Waals surface area contributed by atoms with Gasteiger partial charge in [0, 0.05) is 0 Å². The monoisotopic (exact) mass is 280 g/mol. The summed E-state index contributed by atoms with van der Waals surface area (Å²) in [5, 5.41) is 0. The van der Waals surface area contributed by atoms with Gasteiger partial charge in [0.2, 0.25) is 5.65 Å². The van der Waals surface area contributed by atoms with E-state index in [2.05, 4.69) is 21.9 Å². The maximum Gasteiger partial charge on any atom is 0.332 e. The Labute approximate surface area is 117 Å². The molecule has 20 heavy (non-hydrogen) atoms. The summed E-state index contributed by atoms with van der Waals surface area (Å²) in [6, 6.07) is 0.297. The zero-order valence-corrected chi connectivity index (χ0v) is 11.7. The summed E-state index contributed by atoms with van der Waals surface area (Å²) in [6.45, 7) is 2.65. The fraction of sp³-hybridized carbons (Fsp3) is 0.583. The molecule has 0 saturated carbocycles. The average Bonchev–Trinajstić information content (AvgIpc) is 2.79. The van der Waals surface area contributed by atoms with Gasteiger partial charge in [0.05, 0.1) is 7.11 Å². The second-order valence-corrected chi connectivity index (χ2v) is 4.42. The molecule has 0 amide bonds. The van der Waals surface area contributed by atoms with Crippen molar-refractivity contribution in [1.29, 1.82) is 0 Å². The molecule has 2 heterocycles. The minimum Gasteiger partial charge on any atom is -0.466 e. The lowest BCUT2D eigenvalue weighted by Gasteiger charge is -2.18. The molecule has 0 aromatic carbocycles. The zero-order chi connectivity index (χ0) is 14.5. The highest BCUT2D eigenvalue weighted by atomic mass is 16.7. The Morgan fingerprint density at radius 1 is 1.35 bits per heavy atom. The number of aromatic nitrogens is 4. The Hall–Kier alpha value is -2.09. The summed E-state index contributed by atoms with van der Waals surface area (Å²) >= 11 is 0. The molecule has 0 aliphatic rings. The van der Waals surface area contributed by atoms with Crippen molar-refractivity contribution < 1.29 is 9.57 Å². The third-order valence-electron chi connectivity index (χ3n) is 2.94. The van der Waals surface area contributed by atoms with Crippen molar-refractivity contribution in [2.24, 2.45) is 5.73 Å². The lowest BCUT2D eigenvalue weighted by Crippen LogP contribution is -2.28. The molecule has 110 valence electrons. The molecule has 0 fully saturated rings. The molecule has 1 unspecified atom stereocenters. The molecule has 2 aromatic rings. The second-order valence-electron chi connectivity index (χ2n) is 4.42. The molecule has 0 spiro atoms. The van der Waals surface area contributed by atoms with Gasteiger partial charge < -0.3 is 21.0 Å². The van der Waals surface area contributed by atoms with Crippen LogP contribution in [0.5, 0.6) is 6.01 Å². The zero-order valence-electron chi connectivity index (χ0n) is 11.7. The van der Waals surface area contributed by atoms with Gasteiger partial charge in [-0.3, -0.25) is 0 Å². The molecule has 0 aliphatic carbocycles. The Morgan fingerprint density at radius 3 is 2.80 bits per heavy atom. The van der Waals surface area contributed by atoms with Gasteiger partial charge in [0.15, 0.2) is 11.3 Å². The number of fused-ring (bicyclic) bond motifs is 1. The number of nitrogens with zero attached hydrogens (tertiary/aromatic N) is 4. The van der Waals surface area contributed by atoms with E-state index >= 15 is 0 Å². The Kier molecular flexibility index (Phi) is 4.57. The minimum atomic E-state index is -0.0208. The Bertz CT molecular complexity index is 564. The van der Waals surface area contributed by atoms with Crippen molar-refractivity contribution in [1.82, 2.24) is 19.7 Å². The van der Waals surface area contributed by atoms with Gasteiger partial charge in [0.1, 0.15) is 12.4 Å². The number of imidazole rings is 1. The van der Waals surface area contributed by atoms with Crippen LogP contribution in [0.2, 0.25) is 0 Å². The van der Waals surface area contributed by atoms with E-state index in [1.165, 1.54) is 18.2 Å². The smallest absolute Gasteiger partial charge is 0.332 e. The first-order valence-electron chi connectivity index (χ1n) is 6.61. The first kappa shape index (κ1) is 14.3. The predicted octanol–water partition coefficient (Wildman–Crippen LogP) is 0.363. The summed E-state index contributed by atoms with van der Waals surface area (Å²) in [6.07, 6.45) is 3.98. The molecule has 0 aliphatic heterocycles. The van der Waals surface area contributed by atoms with E-state index in [-0.39, 0.29) is 6.10 Å². The molecule has 0 radical (unpaired) electrons. The van der Waals surface area contributed by atoms with E-state index in [0.29, 0.717) is 29.5 Å². The van der Waals surface area contributed by atoms with Gasteiger partial charge in [-0.2, -0.15) is 4.98 Å². The fourth-order valence-electron chi connectivity index (χ4n) is 2.00. The number of ether oxygens (including phenoxy) is 1. The van der Waals surface area contributed by atoms with Gasteiger partial charge in [-0.05, 0) is 19.4 Å². The highest BCUT2D eigenvalue weighted by molar-refractivity contribution is 5.82. The van der Waals surface area contributed by atoms with Crippen LogP contribution in [0.4, 0.5) is 5.82 Å². The Balaban J connectivity index is 2.38. The topological polar surface area (TPSA) is 114 Å². The van der Waals surface area contributed by atoms with E-state index in [1.54, 1.807) is 0 Å². The third-order valence-corrected chi connectivity index (χ3v) is 2.94. The summed E-state index contributed by atoms with van der Waals surface area (Å²) in [5.41, 5.74) is 12.4. The van der Waals surface area contributed by atoms with Crippen molar-refractivity contribution >= 4 is 17.0 Å². The van der Waals surface area contributed by atoms with Gasteiger partial charge in [-0.25, -0.2) is 9.97 Å². The number of nitrogens with two attached hydrogens (primary N) is 2. The van der Waals surface area contributed by atoms with E-state index in [4.69, 9.17) is 21.0 Å². The third kappa shape index (κ3) is 2.74. The molecular formula is C12H20N6O2. The minimum absolute atomic E-state index is 0.0208. The average molecular weight is 280 g/mol. The number of nitrogen functional groups attached to an aromatic ring is 1. The molecule has 8 nitrogen and oxygen atoms in total. The maximum atomic E-state index is 5.93. The summed E-state index contributed by atoms with van der Waals surface area (Å²) in [5.74, 6) is 0.293. The number of anilines is 1. The van der Waals surface area contributed by atoms with Gasteiger partial charge in [-0.15, -0.1) is 4.73 Å². The van der Waals surface area contributed by atoms with Crippen LogP contribution in [0.15, 0.2) is 6.33 Å². The first-order valence-corrected chi connectivity index (χ1v) is 6.61. The van der Waals surface area contributed by atoms with Crippen LogP contribution < -0.4 is 21.0 Å². The van der Waals surface area contributed by atoms with Crippen molar-refractivity contribution in [3.05, 3.63) is 6.33 Å². The van der Waals surface area contributed by atoms with E-state index < -0.39 is 0 Å². The van der Waals surface area contributed by atoms with Crippen LogP contribution in [0.3, 0.4) is 0 Å². The van der Waals surface area contributed by atoms with Crippen molar-refractivity contribution in [3.8, 4) is 6.01 Å².